The molecule has 0 aliphatic carbocycles. The zero-order valence-electron chi connectivity index (χ0n) is 9.17. The largest absolute Gasteiger partial charge is 0.261 e. The summed E-state index contributed by atoms with van der Waals surface area (Å²) in [7, 11) is 0. The van der Waals surface area contributed by atoms with E-state index in [9.17, 15) is 0 Å². The minimum atomic E-state index is 0.500. The molecule has 0 amide bonds. The molecule has 0 N–H and O–H groups in total. The van der Waals surface area contributed by atoms with E-state index in [2.05, 4.69) is 43.3 Å². The molecule has 0 fully saturated rings. The number of hydrogen-bond donors (Lipinski definition) is 0. The average Bonchev–Trinajstić information content (AvgIpc) is 2.18. The van der Waals surface area contributed by atoms with Crippen LogP contribution >= 0.6 is 0 Å². The molecule has 0 spiro atoms. The number of nitrogens with zero attached hydrogens (tertiary/aromatic N) is 1. The smallest absolute Gasteiger partial charge is 0.0429 e. The van der Waals surface area contributed by atoms with Crippen molar-refractivity contribution in [3.05, 3.63) is 47.5 Å². The van der Waals surface area contributed by atoms with E-state index in [0.717, 1.165) is 17.7 Å². The van der Waals surface area contributed by atoms with Crippen LogP contribution in [0.3, 0.4) is 0 Å². The molecule has 1 nitrogen and oxygen atoms in total. The predicted octanol–water partition coefficient (Wildman–Crippen LogP) is 3.48. The number of rotatable bonds is 3. The highest BCUT2D eigenvalue weighted by Crippen LogP contribution is 2.12. The summed E-state index contributed by atoms with van der Waals surface area (Å²) >= 11 is 0. The maximum atomic E-state index is 4.40. The van der Waals surface area contributed by atoms with Gasteiger partial charge in [0.25, 0.3) is 0 Å². The summed E-state index contributed by atoms with van der Waals surface area (Å²) < 4.78 is 0. The molecule has 0 saturated carbocycles. The lowest BCUT2D eigenvalue weighted by atomic mass is 10.1. The van der Waals surface area contributed by atoms with Gasteiger partial charge in [0.1, 0.15) is 0 Å². The summed E-state index contributed by atoms with van der Waals surface area (Å²) in [4.78, 5) is 4.40. The van der Waals surface area contributed by atoms with Crippen LogP contribution in [0.25, 0.3) is 0 Å². The summed E-state index contributed by atoms with van der Waals surface area (Å²) in [5.74, 6) is 0.500. The Balaban J connectivity index is 2.78. The van der Waals surface area contributed by atoms with Gasteiger partial charge in [-0.3, -0.25) is 4.98 Å². The average molecular weight is 187 g/mol. The van der Waals surface area contributed by atoms with Gasteiger partial charge in [0.05, 0.1) is 0 Å². The van der Waals surface area contributed by atoms with Gasteiger partial charge in [0.2, 0.25) is 0 Å². The summed E-state index contributed by atoms with van der Waals surface area (Å²) in [5, 5.41) is 0. The Labute approximate surface area is 86.2 Å². The monoisotopic (exact) mass is 187 g/mol. The van der Waals surface area contributed by atoms with Gasteiger partial charge in [-0.15, -0.1) is 5.73 Å². The first kappa shape index (κ1) is 10.7. The van der Waals surface area contributed by atoms with Crippen LogP contribution in [0.5, 0.6) is 0 Å². The SMILES string of the molecule is C=C=C(C)Cc1ccc(C(C)C)nc1. The Morgan fingerprint density at radius 1 is 1.50 bits per heavy atom. The van der Waals surface area contributed by atoms with Crippen LogP contribution in [0.4, 0.5) is 0 Å². The molecule has 0 unspecified atom stereocenters. The summed E-state index contributed by atoms with van der Waals surface area (Å²) in [5.41, 5.74) is 6.42. The molecule has 1 aromatic rings. The van der Waals surface area contributed by atoms with Crippen LogP contribution in [0, 0.1) is 0 Å². The quantitative estimate of drug-likeness (QED) is 0.660. The second kappa shape index (κ2) is 4.78. The van der Waals surface area contributed by atoms with E-state index in [1.807, 2.05) is 13.1 Å². The molecule has 1 heterocycles. The molecule has 1 rings (SSSR count). The van der Waals surface area contributed by atoms with Crippen LogP contribution in [0.1, 0.15) is 37.9 Å². The van der Waals surface area contributed by atoms with Gasteiger partial charge in [-0.25, -0.2) is 0 Å². The standard InChI is InChI=1S/C13H17N/c1-5-11(4)8-12-6-7-13(10(2)3)14-9-12/h6-7,9-10H,1,8H2,2-4H3. The van der Waals surface area contributed by atoms with E-state index in [-0.39, 0.29) is 0 Å². The lowest BCUT2D eigenvalue weighted by Gasteiger charge is -2.05. The van der Waals surface area contributed by atoms with Crippen LogP contribution in [0.2, 0.25) is 0 Å². The molecule has 1 aromatic heterocycles. The normalized spacial score (nSPS) is 10.0. The Hall–Kier alpha value is -1.33. The second-order valence-corrected chi connectivity index (χ2v) is 3.88. The molecule has 14 heavy (non-hydrogen) atoms. The van der Waals surface area contributed by atoms with Crippen LogP contribution in [-0.2, 0) is 6.42 Å². The van der Waals surface area contributed by atoms with Crippen LogP contribution < -0.4 is 0 Å². The molecule has 0 bridgehead atoms. The highest BCUT2D eigenvalue weighted by molar-refractivity contribution is 5.20. The third kappa shape index (κ3) is 2.86. The maximum Gasteiger partial charge on any atom is 0.0429 e. The van der Waals surface area contributed by atoms with Gasteiger partial charge in [-0.05, 0) is 30.0 Å². The fraction of sp³-hybridized carbons (Fsp3) is 0.385. The van der Waals surface area contributed by atoms with E-state index >= 15 is 0 Å². The minimum absolute atomic E-state index is 0.500. The van der Waals surface area contributed by atoms with Crippen molar-refractivity contribution in [2.24, 2.45) is 0 Å². The molecular weight excluding hydrogens is 170 g/mol. The van der Waals surface area contributed by atoms with E-state index in [1.165, 1.54) is 5.56 Å². The van der Waals surface area contributed by atoms with E-state index in [0.29, 0.717) is 5.92 Å². The first-order chi connectivity index (χ1) is 6.63. The minimum Gasteiger partial charge on any atom is -0.261 e. The maximum absolute atomic E-state index is 4.40. The summed E-state index contributed by atoms with van der Waals surface area (Å²) in [6.07, 6.45) is 2.84. The molecule has 0 aliphatic heterocycles. The molecule has 0 aromatic carbocycles. The van der Waals surface area contributed by atoms with Crippen molar-refractivity contribution in [1.29, 1.82) is 0 Å². The molecule has 0 saturated heterocycles. The Kier molecular flexibility index (Phi) is 3.67. The van der Waals surface area contributed by atoms with Gasteiger partial charge in [-0.1, -0.05) is 26.5 Å². The Morgan fingerprint density at radius 3 is 2.64 bits per heavy atom. The lowest BCUT2D eigenvalue weighted by Crippen LogP contribution is -1.94. The highest BCUT2D eigenvalue weighted by Gasteiger charge is 2.00. The van der Waals surface area contributed by atoms with Crippen molar-refractivity contribution >= 4 is 0 Å². The van der Waals surface area contributed by atoms with Crippen LogP contribution in [-0.4, -0.2) is 4.98 Å². The van der Waals surface area contributed by atoms with Crippen molar-refractivity contribution < 1.29 is 0 Å². The van der Waals surface area contributed by atoms with Crippen molar-refractivity contribution in [1.82, 2.24) is 4.98 Å². The second-order valence-electron chi connectivity index (χ2n) is 3.88. The summed E-state index contributed by atoms with van der Waals surface area (Å²) in [6, 6.07) is 4.22. The lowest BCUT2D eigenvalue weighted by molar-refractivity contribution is 0.819. The van der Waals surface area contributed by atoms with Crippen molar-refractivity contribution in [3.8, 4) is 0 Å². The van der Waals surface area contributed by atoms with E-state index < -0.39 is 0 Å². The van der Waals surface area contributed by atoms with Gasteiger partial charge in [0.15, 0.2) is 0 Å². The molecule has 0 aliphatic rings. The fourth-order valence-electron chi connectivity index (χ4n) is 1.25. The third-order valence-electron chi connectivity index (χ3n) is 2.21. The first-order valence-corrected chi connectivity index (χ1v) is 4.94. The number of hydrogen-bond acceptors (Lipinski definition) is 1. The first-order valence-electron chi connectivity index (χ1n) is 4.94. The highest BCUT2D eigenvalue weighted by atomic mass is 14.7. The topological polar surface area (TPSA) is 12.9 Å². The van der Waals surface area contributed by atoms with Gasteiger partial charge >= 0.3 is 0 Å². The number of allylic oxidation sites excluding steroid dienone is 1. The predicted molar refractivity (Wildman–Crippen MR) is 60.4 cm³/mol. The zero-order valence-corrected chi connectivity index (χ0v) is 9.17. The van der Waals surface area contributed by atoms with E-state index in [1.54, 1.807) is 0 Å². The zero-order chi connectivity index (χ0) is 10.6. The van der Waals surface area contributed by atoms with Crippen molar-refractivity contribution in [3.63, 3.8) is 0 Å². The molecule has 74 valence electrons. The van der Waals surface area contributed by atoms with Gasteiger partial charge in [0, 0.05) is 18.3 Å². The van der Waals surface area contributed by atoms with Crippen molar-refractivity contribution in [2.45, 2.75) is 33.1 Å². The molecular formula is C13H17N. The Morgan fingerprint density at radius 2 is 2.21 bits per heavy atom. The van der Waals surface area contributed by atoms with Gasteiger partial charge < -0.3 is 0 Å². The van der Waals surface area contributed by atoms with Crippen molar-refractivity contribution in [2.75, 3.05) is 0 Å². The van der Waals surface area contributed by atoms with Crippen LogP contribution in [0.15, 0.2) is 36.2 Å². The van der Waals surface area contributed by atoms with E-state index in [4.69, 9.17) is 0 Å². The molecule has 0 atom stereocenters. The third-order valence-corrected chi connectivity index (χ3v) is 2.21. The summed E-state index contributed by atoms with van der Waals surface area (Å²) in [6.45, 7) is 9.95. The molecule has 1 heteroatoms. The fourth-order valence-corrected chi connectivity index (χ4v) is 1.25. The number of aromatic nitrogens is 1. The Bertz CT molecular complexity index is 340. The number of pyridine rings is 1. The van der Waals surface area contributed by atoms with Gasteiger partial charge in [-0.2, -0.15) is 0 Å². The molecule has 0 radical (unpaired) electrons.